The summed E-state index contributed by atoms with van der Waals surface area (Å²) < 4.78 is 0. The molecule has 82 valence electrons. The predicted molar refractivity (Wildman–Crippen MR) is 57.2 cm³/mol. The third kappa shape index (κ3) is 2.96. The van der Waals surface area contributed by atoms with Gasteiger partial charge in [0.15, 0.2) is 0 Å². The van der Waals surface area contributed by atoms with Gasteiger partial charge in [0.25, 0.3) is 0 Å². The first-order chi connectivity index (χ1) is 6.79. The van der Waals surface area contributed by atoms with E-state index in [9.17, 15) is 4.79 Å². The summed E-state index contributed by atoms with van der Waals surface area (Å²) in [6, 6.07) is 0.0667. The molecular formula is C10H21N3O. The van der Waals surface area contributed by atoms with Crippen LogP contribution in [0.5, 0.6) is 0 Å². The van der Waals surface area contributed by atoms with Crippen molar-refractivity contribution in [2.24, 2.45) is 0 Å². The van der Waals surface area contributed by atoms with E-state index in [0.717, 1.165) is 39.1 Å². The summed E-state index contributed by atoms with van der Waals surface area (Å²) in [6.45, 7) is 8.71. The molecule has 1 fully saturated rings. The molecule has 2 N–H and O–H groups in total. The molecule has 14 heavy (non-hydrogen) atoms. The van der Waals surface area contributed by atoms with Crippen molar-refractivity contribution in [2.45, 2.75) is 26.3 Å². The van der Waals surface area contributed by atoms with Gasteiger partial charge in [0.05, 0.1) is 6.04 Å². The van der Waals surface area contributed by atoms with Gasteiger partial charge in [-0.15, -0.1) is 0 Å². The number of nitrogens with zero attached hydrogens (tertiary/aromatic N) is 1. The summed E-state index contributed by atoms with van der Waals surface area (Å²) in [4.78, 5) is 14.0. The molecule has 0 saturated carbocycles. The fourth-order valence-corrected chi connectivity index (χ4v) is 1.90. The van der Waals surface area contributed by atoms with Crippen molar-refractivity contribution < 1.29 is 4.79 Å². The molecule has 0 spiro atoms. The molecule has 0 aromatic heterocycles. The van der Waals surface area contributed by atoms with Crippen LogP contribution in [0.3, 0.4) is 0 Å². The van der Waals surface area contributed by atoms with Gasteiger partial charge in [-0.25, -0.2) is 0 Å². The number of carbonyl (C=O) groups excluding carboxylic acids is 1. The van der Waals surface area contributed by atoms with Gasteiger partial charge in [-0.1, -0.05) is 6.92 Å². The summed E-state index contributed by atoms with van der Waals surface area (Å²) >= 11 is 0. The predicted octanol–water partition coefficient (Wildman–Crippen LogP) is -0.194. The first-order valence-corrected chi connectivity index (χ1v) is 5.52. The van der Waals surface area contributed by atoms with E-state index in [0.29, 0.717) is 0 Å². The molecule has 0 radical (unpaired) electrons. The number of likely N-dealkylation sites (N-methyl/N-ethyl adjacent to an activating group) is 1. The summed E-state index contributed by atoms with van der Waals surface area (Å²) in [6.07, 6.45) is 0.895. The number of hydrogen-bond donors (Lipinski definition) is 2. The molecule has 1 saturated heterocycles. The molecule has 1 aliphatic heterocycles. The van der Waals surface area contributed by atoms with Crippen LogP contribution in [0, 0.1) is 0 Å². The first-order valence-electron chi connectivity index (χ1n) is 5.52. The van der Waals surface area contributed by atoms with Gasteiger partial charge in [0, 0.05) is 32.7 Å². The monoisotopic (exact) mass is 199 g/mol. The molecule has 4 heteroatoms. The first kappa shape index (κ1) is 11.5. The van der Waals surface area contributed by atoms with E-state index in [2.05, 4.69) is 22.5 Å². The van der Waals surface area contributed by atoms with Gasteiger partial charge < -0.3 is 10.6 Å². The highest BCUT2D eigenvalue weighted by Crippen LogP contribution is 2.05. The Morgan fingerprint density at radius 3 is 2.57 bits per heavy atom. The Bertz CT molecular complexity index is 178. The number of rotatable bonds is 4. The standard InChI is InChI=1S/C10H21N3O/c1-3-9(10(14)12-4-2)13-7-5-11-6-8-13/h9,11H,3-8H2,1-2H3,(H,12,14). The zero-order chi connectivity index (χ0) is 10.4. The van der Waals surface area contributed by atoms with Crippen LogP contribution in [0.15, 0.2) is 0 Å². The maximum Gasteiger partial charge on any atom is 0.237 e. The minimum Gasteiger partial charge on any atom is -0.355 e. The topological polar surface area (TPSA) is 44.4 Å². The molecule has 0 aromatic carbocycles. The Balaban J connectivity index is 2.46. The molecule has 1 atom stereocenters. The second kappa shape index (κ2) is 5.98. The van der Waals surface area contributed by atoms with Gasteiger partial charge >= 0.3 is 0 Å². The lowest BCUT2D eigenvalue weighted by Gasteiger charge is -2.33. The Kier molecular flexibility index (Phi) is 4.90. The molecule has 0 aromatic rings. The highest BCUT2D eigenvalue weighted by atomic mass is 16.2. The summed E-state index contributed by atoms with van der Waals surface area (Å²) in [5.74, 6) is 0.178. The lowest BCUT2D eigenvalue weighted by atomic mass is 10.1. The summed E-state index contributed by atoms with van der Waals surface area (Å²) in [5, 5.41) is 6.18. The lowest BCUT2D eigenvalue weighted by Crippen LogP contribution is -2.53. The van der Waals surface area contributed by atoms with Crippen molar-refractivity contribution in [1.29, 1.82) is 0 Å². The highest BCUT2D eigenvalue weighted by Gasteiger charge is 2.24. The molecule has 1 heterocycles. The lowest BCUT2D eigenvalue weighted by molar-refractivity contribution is -0.126. The number of nitrogens with one attached hydrogen (secondary N) is 2. The Hall–Kier alpha value is -0.610. The minimum atomic E-state index is 0.0667. The van der Waals surface area contributed by atoms with E-state index in [1.807, 2.05) is 6.92 Å². The second-order valence-corrected chi connectivity index (χ2v) is 3.60. The normalized spacial score (nSPS) is 20.4. The summed E-state index contributed by atoms with van der Waals surface area (Å²) in [7, 11) is 0. The van der Waals surface area contributed by atoms with Gasteiger partial charge in [0.1, 0.15) is 0 Å². The molecule has 1 aliphatic rings. The van der Waals surface area contributed by atoms with Crippen LogP contribution in [0.25, 0.3) is 0 Å². The van der Waals surface area contributed by atoms with Crippen LogP contribution < -0.4 is 10.6 Å². The Labute approximate surface area is 86.0 Å². The van der Waals surface area contributed by atoms with Crippen molar-refractivity contribution in [2.75, 3.05) is 32.7 Å². The van der Waals surface area contributed by atoms with E-state index < -0.39 is 0 Å². The smallest absolute Gasteiger partial charge is 0.237 e. The van der Waals surface area contributed by atoms with E-state index in [1.54, 1.807) is 0 Å². The third-order valence-corrected chi connectivity index (χ3v) is 2.63. The van der Waals surface area contributed by atoms with Crippen LogP contribution in [-0.4, -0.2) is 49.6 Å². The SMILES string of the molecule is CCNC(=O)C(CC)N1CCNCC1. The van der Waals surface area contributed by atoms with Gasteiger partial charge in [-0.3, -0.25) is 9.69 Å². The second-order valence-electron chi connectivity index (χ2n) is 3.60. The Morgan fingerprint density at radius 2 is 2.07 bits per heavy atom. The average Bonchev–Trinajstić information content (AvgIpc) is 2.21. The van der Waals surface area contributed by atoms with Crippen molar-refractivity contribution >= 4 is 5.91 Å². The molecule has 1 unspecified atom stereocenters. The zero-order valence-electron chi connectivity index (χ0n) is 9.18. The molecule has 0 aliphatic carbocycles. The zero-order valence-corrected chi connectivity index (χ0v) is 9.18. The van der Waals surface area contributed by atoms with Crippen LogP contribution in [-0.2, 0) is 4.79 Å². The quantitative estimate of drug-likeness (QED) is 0.659. The average molecular weight is 199 g/mol. The van der Waals surface area contributed by atoms with E-state index in [1.165, 1.54) is 0 Å². The van der Waals surface area contributed by atoms with Gasteiger partial charge in [-0.05, 0) is 13.3 Å². The highest BCUT2D eigenvalue weighted by molar-refractivity contribution is 5.81. The number of carbonyl (C=O) groups is 1. The fourth-order valence-electron chi connectivity index (χ4n) is 1.90. The molecule has 1 rings (SSSR count). The van der Waals surface area contributed by atoms with E-state index >= 15 is 0 Å². The van der Waals surface area contributed by atoms with Crippen molar-refractivity contribution in [3.8, 4) is 0 Å². The number of hydrogen-bond acceptors (Lipinski definition) is 3. The maximum absolute atomic E-state index is 11.7. The molecular weight excluding hydrogens is 178 g/mol. The fraction of sp³-hybridized carbons (Fsp3) is 0.900. The number of amides is 1. The molecule has 4 nitrogen and oxygen atoms in total. The number of piperazine rings is 1. The maximum atomic E-state index is 11.7. The van der Waals surface area contributed by atoms with Gasteiger partial charge in [0.2, 0.25) is 5.91 Å². The largest absolute Gasteiger partial charge is 0.355 e. The van der Waals surface area contributed by atoms with Crippen LogP contribution >= 0.6 is 0 Å². The van der Waals surface area contributed by atoms with Crippen LogP contribution in [0.4, 0.5) is 0 Å². The third-order valence-electron chi connectivity index (χ3n) is 2.63. The van der Waals surface area contributed by atoms with Crippen LogP contribution in [0.2, 0.25) is 0 Å². The summed E-state index contributed by atoms with van der Waals surface area (Å²) in [5.41, 5.74) is 0. The van der Waals surface area contributed by atoms with E-state index in [-0.39, 0.29) is 11.9 Å². The minimum absolute atomic E-state index is 0.0667. The van der Waals surface area contributed by atoms with Crippen molar-refractivity contribution in [1.82, 2.24) is 15.5 Å². The Morgan fingerprint density at radius 1 is 1.43 bits per heavy atom. The van der Waals surface area contributed by atoms with Crippen molar-refractivity contribution in [3.63, 3.8) is 0 Å². The molecule has 0 bridgehead atoms. The molecule has 1 amide bonds. The van der Waals surface area contributed by atoms with Gasteiger partial charge in [-0.2, -0.15) is 0 Å². The van der Waals surface area contributed by atoms with Crippen molar-refractivity contribution in [3.05, 3.63) is 0 Å². The van der Waals surface area contributed by atoms with E-state index in [4.69, 9.17) is 0 Å². The van der Waals surface area contributed by atoms with Crippen LogP contribution in [0.1, 0.15) is 20.3 Å².